The van der Waals surface area contributed by atoms with Crippen LogP contribution in [0.5, 0.6) is 34.5 Å². The van der Waals surface area contributed by atoms with Crippen LogP contribution in [0.4, 0.5) is 0 Å². The number of fused-ring (bicyclic) bond motifs is 6. The van der Waals surface area contributed by atoms with Crippen molar-refractivity contribution < 1.29 is 27.1 Å². The van der Waals surface area contributed by atoms with E-state index in [4.69, 9.17) is 27.1 Å². The molecule has 0 aliphatic carbocycles. The highest BCUT2D eigenvalue weighted by atomic mass is 31.2. The molecular formula is C61H54O6P2. The fourth-order valence-corrected chi connectivity index (χ4v) is 12.3. The zero-order valence-corrected chi connectivity index (χ0v) is 41.0. The molecule has 1 atom stereocenters. The number of aryl methyl sites for hydroxylation is 3. The van der Waals surface area contributed by atoms with Crippen LogP contribution in [-0.4, -0.2) is 0 Å². The monoisotopic (exact) mass is 944 g/mol. The highest BCUT2D eigenvalue weighted by molar-refractivity contribution is 7.43. The maximum Gasteiger partial charge on any atom is 0.530 e. The van der Waals surface area contributed by atoms with Gasteiger partial charge in [0.05, 0.1) is 0 Å². The summed E-state index contributed by atoms with van der Waals surface area (Å²) in [6.45, 7) is 6.60. The lowest BCUT2D eigenvalue weighted by Crippen LogP contribution is -2.12. The van der Waals surface area contributed by atoms with E-state index >= 15 is 0 Å². The molecule has 2 aliphatic heterocycles. The molecule has 0 N–H and O–H groups in total. The largest absolute Gasteiger partial charge is 0.530 e. The standard InChI is InChI=1S/C61H54O6P2/c1-4-18-44-25-14-28-47-39-48-29-15-26-45(19-5-2)59(48)65-68(64-58(44)47)62-54-37-35-42-23-10-12-32-51(42)56(54)57-52-33-13-11-24-43(52)36-38-55(57)63-69-66-60-46(20-6-3)27-16-30-49(60)40-50-31-17-34-53(61(50)67-69)41-21-8-7-9-22-41/h7-17,21-38H,4-6,18-20,39-40H2,1-3H3. The van der Waals surface area contributed by atoms with Gasteiger partial charge in [-0.1, -0.05) is 204 Å². The lowest BCUT2D eigenvalue weighted by Gasteiger charge is -2.28. The van der Waals surface area contributed by atoms with Crippen molar-refractivity contribution in [2.45, 2.75) is 72.1 Å². The number of hydrogen-bond donors (Lipinski definition) is 0. The zero-order chi connectivity index (χ0) is 46.7. The number of benzene rings is 9. The quantitative estimate of drug-likeness (QED) is 0.114. The van der Waals surface area contributed by atoms with E-state index in [1.54, 1.807) is 0 Å². The lowest BCUT2D eigenvalue weighted by atomic mass is 9.92. The van der Waals surface area contributed by atoms with Gasteiger partial charge in [-0.15, -0.1) is 0 Å². The first-order valence-electron chi connectivity index (χ1n) is 24.3. The van der Waals surface area contributed by atoms with Crippen LogP contribution < -0.4 is 27.1 Å². The molecule has 11 rings (SSSR count). The van der Waals surface area contributed by atoms with Crippen LogP contribution in [0.1, 0.15) is 79.0 Å². The van der Waals surface area contributed by atoms with Gasteiger partial charge in [0.1, 0.15) is 34.5 Å². The summed E-state index contributed by atoms with van der Waals surface area (Å²) >= 11 is 0. The Morgan fingerprint density at radius 3 is 1.22 bits per heavy atom. The summed E-state index contributed by atoms with van der Waals surface area (Å²) < 4.78 is 43.1. The first-order valence-corrected chi connectivity index (χ1v) is 26.5. The van der Waals surface area contributed by atoms with Crippen LogP contribution in [0, 0.1) is 0 Å². The van der Waals surface area contributed by atoms with Crippen molar-refractivity contribution in [2.75, 3.05) is 0 Å². The zero-order valence-electron chi connectivity index (χ0n) is 39.2. The Morgan fingerprint density at radius 1 is 0.377 bits per heavy atom. The summed E-state index contributed by atoms with van der Waals surface area (Å²) in [5.74, 6) is 4.48. The van der Waals surface area contributed by atoms with Crippen molar-refractivity contribution in [1.82, 2.24) is 0 Å². The van der Waals surface area contributed by atoms with Gasteiger partial charge in [-0.05, 0) is 97.4 Å². The Bertz CT molecular complexity index is 3260. The van der Waals surface area contributed by atoms with Crippen molar-refractivity contribution in [2.24, 2.45) is 0 Å². The molecule has 8 heteroatoms. The topological polar surface area (TPSA) is 55.4 Å². The smallest absolute Gasteiger partial charge is 0.408 e. The van der Waals surface area contributed by atoms with E-state index in [-0.39, 0.29) is 0 Å². The van der Waals surface area contributed by atoms with Crippen LogP contribution in [0.25, 0.3) is 43.8 Å². The maximum absolute atomic E-state index is 7.34. The summed E-state index contributed by atoms with van der Waals surface area (Å²) in [5, 5.41) is 4.10. The second-order valence-electron chi connectivity index (χ2n) is 17.8. The molecule has 0 radical (unpaired) electrons. The predicted octanol–water partition coefficient (Wildman–Crippen LogP) is 17.5. The van der Waals surface area contributed by atoms with Gasteiger partial charge in [-0.25, -0.2) is 0 Å². The van der Waals surface area contributed by atoms with Crippen molar-refractivity contribution in [3.63, 3.8) is 0 Å². The van der Waals surface area contributed by atoms with E-state index in [0.717, 1.165) is 144 Å². The van der Waals surface area contributed by atoms with Gasteiger partial charge in [-0.2, -0.15) is 0 Å². The Labute approximate surface area is 407 Å². The van der Waals surface area contributed by atoms with E-state index < -0.39 is 17.2 Å². The SMILES string of the molecule is CCCc1cccc2c1OP(Oc1ccc3ccccc3c1-c1c(OP3Oc4c(CCC)cccc4Cc4cccc(-c5ccccc5)c4O3)ccc3ccccc13)Oc1c(CCC)cccc1C2. The van der Waals surface area contributed by atoms with Gasteiger partial charge in [0, 0.05) is 29.5 Å². The molecule has 6 nitrogen and oxygen atoms in total. The summed E-state index contributed by atoms with van der Waals surface area (Å²) in [4.78, 5) is 0. The number of para-hydroxylation sites is 4. The van der Waals surface area contributed by atoms with Gasteiger partial charge >= 0.3 is 17.2 Å². The van der Waals surface area contributed by atoms with Crippen LogP contribution in [0.3, 0.4) is 0 Å². The van der Waals surface area contributed by atoms with Crippen molar-refractivity contribution >= 4 is 38.7 Å². The first kappa shape index (κ1) is 44.7. The summed E-state index contributed by atoms with van der Waals surface area (Å²) in [6, 6.07) is 61.5. The summed E-state index contributed by atoms with van der Waals surface area (Å²) in [6.07, 6.45) is 6.92. The second-order valence-corrected chi connectivity index (χ2v) is 19.8. The summed E-state index contributed by atoms with van der Waals surface area (Å²) in [5.41, 5.74) is 11.6. The van der Waals surface area contributed by atoms with Gasteiger partial charge in [-0.3, -0.25) is 0 Å². The third-order valence-corrected chi connectivity index (χ3v) is 15.1. The Morgan fingerprint density at radius 2 is 0.768 bits per heavy atom. The fraction of sp³-hybridized carbons (Fsp3) is 0.180. The molecule has 0 aromatic heterocycles. The highest BCUT2D eigenvalue weighted by Gasteiger charge is 2.34. The average Bonchev–Trinajstić information content (AvgIpc) is 3.36. The van der Waals surface area contributed by atoms with Crippen LogP contribution in [0.15, 0.2) is 176 Å². The van der Waals surface area contributed by atoms with E-state index in [2.05, 4.69) is 191 Å². The average molecular weight is 945 g/mol. The molecule has 0 spiro atoms. The van der Waals surface area contributed by atoms with Gasteiger partial charge < -0.3 is 27.1 Å². The molecular weight excluding hydrogens is 891 g/mol. The van der Waals surface area contributed by atoms with Crippen LogP contribution >= 0.6 is 17.2 Å². The molecule has 9 aromatic carbocycles. The molecule has 0 amide bonds. The molecule has 0 fully saturated rings. The van der Waals surface area contributed by atoms with Crippen molar-refractivity contribution in [3.05, 3.63) is 215 Å². The minimum absolute atomic E-state index is 0.605. The second kappa shape index (κ2) is 20.0. The Balaban J connectivity index is 1.08. The number of rotatable bonds is 12. The minimum Gasteiger partial charge on any atom is -0.408 e. The van der Waals surface area contributed by atoms with Gasteiger partial charge in [0.25, 0.3) is 0 Å². The predicted molar refractivity (Wildman–Crippen MR) is 283 cm³/mol. The van der Waals surface area contributed by atoms with Gasteiger partial charge in [0.15, 0.2) is 0 Å². The van der Waals surface area contributed by atoms with E-state index in [1.807, 2.05) is 6.07 Å². The molecule has 344 valence electrons. The minimum atomic E-state index is -2.10. The molecule has 0 saturated carbocycles. The Kier molecular flexibility index (Phi) is 13.0. The normalized spacial score (nSPS) is 14.2. The molecule has 0 bridgehead atoms. The third kappa shape index (κ3) is 9.01. The fourth-order valence-electron chi connectivity index (χ4n) is 9.91. The number of hydrogen-bond acceptors (Lipinski definition) is 6. The molecule has 0 saturated heterocycles. The van der Waals surface area contributed by atoms with Gasteiger partial charge in [0.2, 0.25) is 0 Å². The van der Waals surface area contributed by atoms with E-state index in [0.29, 0.717) is 24.3 Å². The van der Waals surface area contributed by atoms with E-state index in [9.17, 15) is 0 Å². The maximum atomic E-state index is 7.34. The lowest BCUT2D eigenvalue weighted by molar-refractivity contribution is 0.376. The summed E-state index contributed by atoms with van der Waals surface area (Å²) in [7, 11) is -4.13. The van der Waals surface area contributed by atoms with Crippen molar-refractivity contribution in [3.8, 4) is 56.8 Å². The third-order valence-electron chi connectivity index (χ3n) is 13.1. The highest BCUT2D eigenvalue weighted by Crippen LogP contribution is 2.56. The molecule has 2 heterocycles. The molecule has 69 heavy (non-hydrogen) atoms. The first-order chi connectivity index (χ1) is 34.1. The van der Waals surface area contributed by atoms with Crippen molar-refractivity contribution in [1.29, 1.82) is 0 Å². The Hall–Kier alpha value is -6.84. The molecule has 1 unspecified atom stereocenters. The molecule has 2 aliphatic rings. The van der Waals surface area contributed by atoms with Crippen LogP contribution in [0.2, 0.25) is 0 Å². The van der Waals surface area contributed by atoms with Crippen LogP contribution in [-0.2, 0) is 32.1 Å². The molecule has 9 aromatic rings. The van der Waals surface area contributed by atoms with E-state index in [1.165, 1.54) is 0 Å².